The zero-order valence-corrected chi connectivity index (χ0v) is 16.0. The molecule has 1 rings (SSSR count). The first-order chi connectivity index (χ1) is 11.9. The second-order valence-corrected chi connectivity index (χ2v) is 8.45. The molecule has 0 saturated carbocycles. The summed E-state index contributed by atoms with van der Waals surface area (Å²) < 4.78 is 20.7. The summed E-state index contributed by atoms with van der Waals surface area (Å²) in [7, 11) is -2.78. The highest BCUT2D eigenvalue weighted by Crippen LogP contribution is 2.15. The molecule has 0 aliphatic rings. The van der Waals surface area contributed by atoms with Gasteiger partial charge in [-0.25, -0.2) is 13.9 Å². The van der Waals surface area contributed by atoms with Crippen molar-refractivity contribution in [3.8, 4) is 0 Å². The molecule has 0 aromatic carbocycles. The monoisotopic (exact) mass is 384 g/mol. The van der Waals surface area contributed by atoms with Crippen molar-refractivity contribution in [1.29, 1.82) is 0 Å². The van der Waals surface area contributed by atoms with Crippen LogP contribution in [0.4, 0.5) is 0 Å². The summed E-state index contributed by atoms with van der Waals surface area (Å²) >= 11 is 5.14. The Balaban J connectivity index is 2.72. The molecule has 0 spiro atoms. The van der Waals surface area contributed by atoms with E-state index in [2.05, 4.69) is 9.71 Å². The number of oxazole rings is 1. The lowest BCUT2D eigenvalue weighted by atomic mass is 10.1. The quantitative estimate of drug-likeness (QED) is 0.568. The van der Waals surface area contributed by atoms with Crippen LogP contribution in [0.25, 0.3) is 5.57 Å². The third-order valence-corrected chi connectivity index (χ3v) is 5.16. The molecule has 1 unspecified atom stereocenters. The van der Waals surface area contributed by atoms with E-state index in [0.29, 0.717) is 18.6 Å². The van der Waals surface area contributed by atoms with Crippen LogP contribution in [0.3, 0.4) is 0 Å². The summed E-state index contributed by atoms with van der Waals surface area (Å²) in [5.74, 6) is -0.227. The highest BCUT2D eigenvalue weighted by molar-refractivity contribution is 8.33. The molecular weight excluding hydrogens is 360 g/mol. The number of aliphatic carboxylic acids is 1. The average Bonchev–Trinajstić information content (AvgIpc) is 3.06. The van der Waals surface area contributed by atoms with Crippen molar-refractivity contribution < 1.29 is 18.5 Å². The van der Waals surface area contributed by atoms with Gasteiger partial charge in [-0.3, -0.25) is 4.79 Å². The minimum Gasteiger partial charge on any atom is -0.481 e. The first-order valence-electron chi connectivity index (χ1n) is 8.02. The second-order valence-electron chi connectivity index (χ2n) is 5.37. The van der Waals surface area contributed by atoms with Crippen molar-refractivity contribution in [3.63, 3.8) is 0 Å². The molecule has 8 heteroatoms. The first kappa shape index (κ1) is 21.3. The van der Waals surface area contributed by atoms with Gasteiger partial charge in [0, 0.05) is 34.6 Å². The minimum atomic E-state index is -2.78. The van der Waals surface area contributed by atoms with Crippen LogP contribution in [0.2, 0.25) is 0 Å². The van der Waals surface area contributed by atoms with Crippen LogP contribution in [0.1, 0.15) is 45.3 Å². The predicted molar refractivity (Wildman–Crippen MR) is 103 cm³/mol. The van der Waals surface area contributed by atoms with Crippen LogP contribution >= 0.6 is 0 Å². The number of carbonyl (C=O) groups is 1. The molecule has 0 aliphatic heterocycles. The number of carboxylic acids is 1. The van der Waals surface area contributed by atoms with Crippen molar-refractivity contribution in [1.82, 2.24) is 9.71 Å². The fourth-order valence-electron chi connectivity index (χ4n) is 2.12. The molecule has 6 nitrogen and oxygen atoms in total. The van der Waals surface area contributed by atoms with Crippen LogP contribution in [0.5, 0.6) is 0 Å². The number of nitrogens with zero attached hydrogens (tertiary/aromatic N) is 1. The third kappa shape index (κ3) is 8.76. The Morgan fingerprint density at radius 1 is 1.56 bits per heavy atom. The number of hydrogen-bond donors (Lipinski definition) is 2. The lowest BCUT2D eigenvalue weighted by Gasteiger charge is -2.16. The number of nitrogens with one attached hydrogen (secondary N) is 1. The van der Waals surface area contributed by atoms with E-state index in [1.807, 2.05) is 26.0 Å². The maximum atomic E-state index is 12.5. The molecule has 138 valence electrons. The summed E-state index contributed by atoms with van der Waals surface area (Å²) in [5, 5.41) is 10.1. The summed E-state index contributed by atoms with van der Waals surface area (Å²) in [6.07, 6.45) is 12.0. The molecular formula is C17H24N2O4S2. The van der Waals surface area contributed by atoms with Crippen LogP contribution < -0.4 is 4.72 Å². The number of hydrogen-bond acceptors (Lipinski definition) is 5. The Morgan fingerprint density at radius 3 is 2.88 bits per heavy atom. The van der Waals surface area contributed by atoms with Crippen LogP contribution in [0.15, 0.2) is 46.7 Å². The largest absolute Gasteiger partial charge is 0.481 e. The molecule has 2 atom stereocenters. The zero-order valence-electron chi connectivity index (χ0n) is 14.4. The summed E-state index contributed by atoms with van der Waals surface area (Å²) in [6, 6.07) is -0.0812. The van der Waals surface area contributed by atoms with Crippen LogP contribution in [0, 0.1) is 0 Å². The van der Waals surface area contributed by atoms with E-state index < -0.39 is 14.6 Å². The highest BCUT2D eigenvalue weighted by Gasteiger charge is 2.12. The normalized spacial score (nSPS) is 16.3. The zero-order chi connectivity index (χ0) is 18.7. The lowest BCUT2D eigenvalue weighted by molar-refractivity contribution is -0.137. The van der Waals surface area contributed by atoms with E-state index in [4.69, 9.17) is 20.7 Å². The van der Waals surface area contributed by atoms with Crippen LogP contribution in [-0.4, -0.2) is 26.3 Å². The molecule has 2 N–H and O–H groups in total. The highest BCUT2D eigenvalue weighted by atomic mass is 32.8. The Bertz CT molecular complexity index is 720. The van der Waals surface area contributed by atoms with Gasteiger partial charge in [-0.1, -0.05) is 31.2 Å². The van der Waals surface area contributed by atoms with Gasteiger partial charge >= 0.3 is 5.97 Å². The van der Waals surface area contributed by atoms with Crippen molar-refractivity contribution in [3.05, 3.63) is 48.1 Å². The Morgan fingerprint density at radius 2 is 2.32 bits per heavy atom. The number of allylic oxidation sites excluding steroid dienone is 5. The maximum absolute atomic E-state index is 12.5. The molecule has 0 fully saturated rings. The lowest BCUT2D eigenvalue weighted by Crippen LogP contribution is -2.32. The Kier molecular flexibility index (Phi) is 9.33. The average molecular weight is 385 g/mol. The van der Waals surface area contributed by atoms with Gasteiger partial charge in [0.15, 0.2) is 12.2 Å². The molecule has 1 aromatic heterocycles. The fraction of sp³-hybridized carbons (Fsp3) is 0.412. The molecule has 25 heavy (non-hydrogen) atoms. The first-order valence-corrected chi connectivity index (χ1v) is 10.6. The molecule has 1 heterocycles. The van der Waals surface area contributed by atoms with Gasteiger partial charge in [0.05, 0.1) is 6.20 Å². The second kappa shape index (κ2) is 11.0. The van der Waals surface area contributed by atoms with Crippen molar-refractivity contribution in [2.75, 3.05) is 0 Å². The third-order valence-electron chi connectivity index (χ3n) is 3.36. The molecule has 0 radical (unpaired) electrons. The SMILES string of the molecule is C\C=C/C(=C\C=C\S(=O)(=S)N[C@H](CC)CCCC(=O)O)c1cnco1. The Hall–Kier alpha value is -1.77. The van der Waals surface area contributed by atoms with E-state index in [-0.39, 0.29) is 12.5 Å². The number of rotatable bonds is 11. The molecule has 0 amide bonds. The van der Waals surface area contributed by atoms with Gasteiger partial charge < -0.3 is 9.52 Å². The summed E-state index contributed by atoms with van der Waals surface area (Å²) in [6.45, 7) is 3.83. The minimum absolute atomic E-state index is 0.0812. The van der Waals surface area contributed by atoms with Gasteiger partial charge in [0.25, 0.3) is 0 Å². The van der Waals surface area contributed by atoms with Gasteiger partial charge in [-0.2, -0.15) is 0 Å². The molecule has 1 aromatic rings. The standard InChI is InChI=1S/C17H24N2O4S2/c1-3-7-14(16-12-18-13-23-16)8-6-11-25(22,24)19-15(4-2)9-5-10-17(20)21/h3,6-8,11-13,15,19H,4-5,9-10H2,1-2H3,(H,20,21)/b7-3-,11-6+,14-8+/t15-,25?/m1/s1. The Labute approximate surface area is 153 Å². The molecule has 0 saturated heterocycles. The molecule has 0 aliphatic carbocycles. The smallest absolute Gasteiger partial charge is 0.303 e. The van der Waals surface area contributed by atoms with Gasteiger partial charge in [-0.05, 0) is 26.2 Å². The fourth-order valence-corrected chi connectivity index (χ4v) is 3.84. The van der Waals surface area contributed by atoms with E-state index in [0.717, 1.165) is 12.0 Å². The number of aromatic nitrogens is 1. The molecule has 0 bridgehead atoms. The summed E-state index contributed by atoms with van der Waals surface area (Å²) in [5.41, 5.74) is 0.787. The van der Waals surface area contributed by atoms with E-state index in [9.17, 15) is 9.00 Å². The van der Waals surface area contributed by atoms with E-state index >= 15 is 0 Å². The summed E-state index contributed by atoms with van der Waals surface area (Å²) in [4.78, 5) is 14.5. The van der Waals surface area contributed by atoms with Gasteiger partial charge in [0.2, 0.25) is 0 Å². The van der Waals surface area contributed by atoms with Crippen molar-refractivity contribution in [2.24, 2.45) is 0 Å². The van der Waals surface area contributed by atoms with Gasteiger partial charge in [0.1, 0.15) is 8.68 Å². The van der Waals surface area contributed by atoms with E-state index in [1.54, 1.807) is 18.3 Å². The van der Waals surface area contributed by atoms with Gasteiger partial charge in [-0.15, -0.1) is 0 Å². The van der Waals surface area contributed by atoms with E-state index in [1.165, 1.54) is 11.8 Å². The topological polar surface area (TPSA) is 92.4 Å². The maximum Gasteiger partial charge on any atom is 0.303 e. The van der Waals surface area contributed by atoms with Crippen molar-refractivity contribution >= 4 is 31.4 Å². The van der Waals surface area contributed by atoms with Crippen LogP contribution in [-0.2, 0) is 24.7 Å². The number of carboxylic acid groups (broad SMARTS) is 1. The van der Waals surface area contributed by atoms with Crippen molar-refractivity contribution in [2.45, 2.75) is 45.6 Å². The predicted octanol–water partition coefficient (Wildman–Crippen LogP) is 3.43.